The van der Waals surface area contributed by atoms with Gasteiger partial charge in [0, 0.05) is 25.1 Å². The average Bonchev–Trinajstić information content (AvgIpc) is 2.66. The molecule has 2 aromatic rings. The van der Waals surface area contributed by atoms with Crippen LogP contribution in [0.5, 0.6) is 0 Å². The Morgan fingerprint density at radius 3 is 2.48 bits per heavy atom. The van der Waals surface area contributed by atoms with Gasteiger partial charge in [0.2, 0.25) is 5.91 Å². The van der Waals surface area contributed by atoms with Gasteiger partial charge in [-0.05, 0) is 44.0 Å². The zero-order valence-corrected chi connectivity index (χ0v) is 16.9. The predicted molar refractivity (Wildman–Crippen MR) is 109 cm³/mol. The number of rotatable bonds is 6. The topological polar surface area (TPSA) is 130 Å². The van der Waals surface area contributed by atoms with Gasteiger partial charge in [0.05, 0.1) is 15.5 Å². The molecule has 10 heteroatoms. The van der Waals surface area contributed by atoms with Crippen LogP contribution in [0, 0.1) is 24.0 Å². The number of benzene rings is 2. The lowest BCUT2D eigenvalue weighted by atomic mass is 10.1. The third-order valence-electron chi connectivity index (χ3n) is 4.73. The second-order valence-electron chi connectivity index (χ2n) is 7.04. The summed E-state index contributed by atoms with van der Waals surface area (Å²) in [5.41, 5.74) is 2.03. The number of nitro groups is 1. The molecular formula is C19H22N4O5S. The summed E-state index contributed by atoms with van der Waals surface area (Å²) in [4.78, 5) is 22.0. The Bertz CT molecular complexity index is 1060. The molecule has 0 bridgehead atoms. The Kier molecular flexibility index (Phi) is 5.73. The molecule has 0 radical (unpaired) electrons. The first kappa shape index (κ1) is 20.6. The third kappa shape index (κ3) is 4.83. The van der Waals surface area contributed by atoms with Gasteiger partial charge in [-0.2, -0.15) is 0 Å². The van der Waals surface area contributed by atoms with Gasteiger partial charge in [-0.1, -0.05) is 17.7 Å². The molecule has 1 atom stereocenters. The normalized spacial score (nSPS) is 16.8. The lowest BCUT2D eigenvalue weighted by molar-refractivity contribution is -0.384. The molecule has 3 N–H and O–H groups in total. The van der Waals surface area contributed by atoms with Crippen LogP contribution in [0.15, 0.2) is 41.3 Å². The van der Waals surface area contributed by atoms with Crippen LogP contribution in [0.2, 0.25) is 0 Å². The maximum atomic E-state index is 12.7. The van der Waals surface area contributed by atoms with Crippen LogP contribution in [0.3, 0.4) is 0 Å². The van der Waals surface area contributed by atoms with E-state index in [1.165, 1.54) is 12.1 Å². The fraction of sp³-hybridized carbons (Fsp3) is 0.316. The number of aryl methyl sites for hydroxylation is 2. The van der Waals surface area contributed by atoms with Crippen molar-refractivity contribution in [3.05, 3.63) is 57.6 Å². The molecule has 154 valence electrons. The van der Waals surface area contributed by atoms with E-state index >= 15 is 0 Å². The van der Waals surface area contributed by atoms with Gasteiger partial charge in [-0.15, -0.1) is 0 Å². The highest BCUT2D eigenvalue weighted by Gasteiger charge is 2.25. The maximum absolute atomic E-state index is 12.7. The fourth-order valence-electron chi connectivity index (χ4n) is 3.16. The number of hydrogen-bond donors (Lipinski definition) is 3. The van der Waals surface area contributed by atoms with E-state index in [9.17, 15) is 23.3 Å². The van der Waals surface area contributed by atoms with Gasteiger partial charge in [0.15, 0.2) is 0 Å². The second kappa shape index (κ2) is 8.08. The third-order valence-corrected chi connectivity index (χ3v) is 6.09. The lowest BCUT2D eigenvalue weighted by Gasteiger charge is -2.24. The van der Waals surface area contributed by atoms with Gasteiger partial charge in [-0.25, -0.2) is 8.42 Å². The van der Waals surface area contributed by atoms with E-state index in [0.29, 0.717) is 25.1 Å². The standard InChI is InChI=1S/C19H22N4O5S/c1-12-3-6-16(13(2)9-12)22-29(27,28)15-5-7-17(18(10-15)23(25)26)21-14-4-8-19(24)20-11-14/h3,5-7,9-10,14,21-22H,4,8,11H2,1-2H3,(H,20,24)/t14-/m0/s1. The van der Waals surface area contributed by atoms with Crippen molar-refractivity contribution in [2.24, 2.45) is 0 Å². The number of nitro benzene ring substituents is 1. The minimum Gasteiger partial charge on any atom is -0.375 e. The van der Waals surface area contributed by atoms with Gasteiger partial charge in [-0.3, -0.25) is 19.6 Å². The Morgan fingerprint density at radius 1 is 1.14 bits per heavy atom. The number of carbonyl (C=O) groups is 1. The van der Waals surface area contributed by atoms with E-state index < -0.39 is 14.9 Å². The molecule has 1 aliphatic heterocycles. The predicted octanol–water partition coefficient (Wildman–Crippen LogP) is 2.70. The number of piperidine rings is 1. The summed E-state index contributed by atoms with van der Waals surface area (Å²) < 4.78 is 28.0. The van der Waals surface area contributed by atoms with Crippen LogP contribution in [0.1, 0.15) is 24.0 Å². The monoisotopic (exact) mass is 418 g/mol. The molecule has 1 aliphatic rings. The minimum atomic E-state index is -4.00. The molecule has 0 aliphatic carbocycles. The van der Waals surface area contributed by atoms with Crippen LogP contribution in [0.25, 0.3) is 0 Å². The van der Waals surface area contributed by atoms with E-state index in [1.54, 1.807) is 19.1 Å². The number of sulfonamides is 1. The molecule has 1 heterocycles. The zero-order valence-electron chi connectivity index (χ0n) is 16.1. The van der Waals surface area contributed by atoms with Crippen LogP contribution in [0.4, 0.5) is 17.1 Å². The van der Waals surface area contributed by atoms with E-state index in [1.807, 2.05) is 13.0 Å². The molecule has 2 aromatic carbocycles. The minimum absolute atomic E-state index is 0.0588. The number of carbonyl (C=O) groups excluding carboxylic acids is 1. The molecule has 0 unspecified atom stereocenters. The number of hydrogen-bond acceptors (Lipinski definition) is 6. The van der Waals surface area contributed by atoms with Crippen molar-refractivity contribution in [3.63, 3.8) is 0 Å². The highest BCUT2D eigenvalue weighted by molar-refractivity contribution is 7.92. The van der Waals surface area contributed by atoms with Crippen LogP contribution in [-0.2, 0) is 14.8 Å². The summed E-state index contributed by atoms with van der Waals surface area (Å²) in [6, 6.07) is 8.86. The summed E-state index contributed by atoms with van der Waals surface area (Å²) in [7, 11) is -4.00. The van der Waals surface area contributed by atoms with E-state index in [4.69, 9.17) is 0 Å². The van der Waals surface area contributed by atoms with Crippen molar-refractivity contribution in [3.8, 4) is 0 Å². The molecule has 3 rings (SSSR count). The molecule has 0 spiro atoms. The quantitative estimate of drug-likeness (QED) is 0.488. The van der Waals surface area contributed by atoms with Crippen molar-refractivity contribution in [2.75, 3.05) is 16.6 Å². The van der Waals surface area contributed by atoms with E-state index in [0.717, 1.165) is 17.2 Å². The summed E-state index contributed by atoms with van der Waals surface area (Å²) in [6.07, 6.45) is 0.870. The summed E-state index contributed by atoms with van der Waals surface area (Å²) in [5, 5.41) is 17.2. The first-order valence-corrected chi connectivity index (χ1v) is 10.6. The molecule has 1 fully saturated rings. The van der Waals surface area contributed by atoms with Gasteiger partial charge in [0.1, 0.15) is 5.69 Å². The Balaban J connectivity index is 1.86. The van der Waals surface area contributed by atoms with Crippen molar-refractivity contribution in [2.45, 2.75) is 37.6 Å². The van der Waals surface area contributed by atoms with E-state index in [-0.39, 0.29) is 28.2 Å². The smallest absolute Gasteiger partial charge is 0.293 e. The molecule has 9 nitrogen and oxygen atoms in total. The molecule has 1 amide bonds. The van der Waals surface area contributed by atoms with Gasteiger partial charge < -0.3 is 10.6 Å². The van der Waals surface area contributed by atoms with Crippen molar-refractivity contribution >= 4 is 33.0 Å². The average molecular weight is 418 g/mol. The van der Waals surface area contributed by atoms with Crippen LogP contribution < -0.4 is 15.4 Å². The van der Waals surface area contributed by atoms with Crippen LogP contribution in [-0.4, -0.2) is 31.8 Å². The first-order chi connectivity index (χ1) is 13.7. The SMILES string of the molecule is Cc1ccc(NS(=O)(=O)c2ccc(N[C@H]3CCC(=O)NC3)c([N+](=O)[O-])c2)c(C)c1. The number of amides is 1. The number of anilines is 2. The highest BCUT2D eigenvalue weighted by atomic mass is 32.2. The number of nitrogens with one attached hydrogen (secondary N) is 3. The zero-order chi connectivity index (χ0) is 21.2. The summed E-state index contributed by atoms with van der Waals surface area (Å²) >= 11 is 0. The first-order valence-electron chi connectivity index (χ1n) is 9.07. The molecule has 0 aromatic heterocycles. The highest BCUT2D eigenvalue weighted by Crippen LogP contribution is 2.30. The maximum Gasteiger partial charge on any atom is 0.293 e. The Hall–Kier alpha value is -3.14. The van der Waals surface area contributed by atoms with Crippen molar-refractivity contribution in [1.82, 2.24) is 5.32 Å². The molecular weight excluding hydrogens is 396 g/mol. The van der Waals surface area contributed by atoms with Gasteiger partial charge >= 0.3 is 0 Å². The Labute approximate surface area is 168 Å². The molecule has 1 saturated heterocycles. The lowest BCUT2D eigenvalue weighted by Crippen LogP contribution is -2.41. The second-order valence-corrected chi connectivity index (χ2v) is 8.73. The summed E-state index contributed by atoms with van der Waals surface area (Å²) in [5.74, 6) is -0.0588. The summed E-state index contributed by atoms with van der Waals surface area (Å²) in [6.45, 7) is 4.03. The number of nitrogens with zero attached hydrogens (tertiary/aromatic N) is 1. The fourth-order valence-corrected chi connectivity index (χ4v) is 4.31. The van der Waals surface area contributed by atoms with Crippen LogP contribution >= 0.6 is 0 Å². The molecule has 29 heavy (non-hydrogen) atoms. The largest absolute Gasteiger partial charge is 0.375 e. The van der Waals surface area contributed by atoms with Gasteiger partial charge in [0.25, 0.3) is 15.7 Å². The van der Waals surface area contributed by atoms with Crippen molar-refractivity contribution in [1.29, 1.82) is 0 Å². The molecule has 0 saturated carbocycles. The van der Waals surface area contributed by atoms with E-state index in [2.05, 4.69) is 15.4 Å². The Morgan fingerprint density at radius 2 is 1.86 bits per heavy atom. The van der Waals surface area contributed by atoms with Crippen molar-refractivity contribution < 1.29 is 18.1 Å².